The molecule has 17 heavy (non-hydrogen) atoms. The molecule has 0 aliphatic heterocycles. The zero-order valence-corrected chi connectivity index (χ0v) is 10.5. The third-order valence-electron chi connectivity index (χ3n) is 2.56. The van der Waals surface area contributed by atoms with E-state index in [0.29, 0.717) is 10.7 Å². The Morgan fingerprint density at radius 1 is 1.53 bits per heavy atom. The number of rotatable bonds is 0. The van der Waals surface area contributed by atoms with Crippen molar-refractivity contribution in [2.75, 3.05) is 7.05 Å². The molecule has 6 nitrogen and oxygen atoms in total. The molecular weight excluding hydrogens is 236 g/mol. The molecule has 0 atom stereocenters. The van der Waals surface area contributed by atoms with Gasteiger partial charge in [-0.25, -0.2) is 5.84 Å². The van der Waals surface area contributed by atoms with E-state index in [9.17, 15) is 0 Å². The van der Waals surface area contributed by atoms with Gasteiger partial charge >= 0.3 is 0 Å². The lowest BCUT2D eigenvalue weighted by Crippen LogP contribution is -2.39. The second kappa shape index (κ2) is 4.19. The number of nitrogens with zero attached hydrogens (tertiary/aromatic N) is 3. The van der Waals surface area contributed by atoms with E-state index in [-0.39, 0.29) is 0 Å². The average molecular weight is 250 g/mol. The Bertz CT molecular complexity index is 636. The molecule has 7 heteroatoms. The van der Waals surface area contributed by atoms with Crippen LogP contribution in [0.25, 0.3) is 11.0 Å². The van der Waals surface area contributed by atoms with Crippen molar-refractivity contribution in [1.29, 1.82) is 0 Å². The highest BCUT2D eigenvalue weighted by Gasteiger charge is 2.12. The molecular formula is C10H14N6S. The molecule has 1 heterocycles. The normalized spacial score (nSPS) is 12.1. The number of fused-ring (bicyclic) bond motifs is 1. The molecule has 2 aromatic rings. The van der Waals surface area contributed by atoms with Crippen LogP contribution in [0.5, 0.6) is 0 Å². The van der Waals surface area contributed by atoms with Gasteiger partial charge in [0.05, 0.1) is 11.0 Å². The molecule has 0 fully saturated rings. The molecule has 1 aromatic heterocycles. The van der Waals surface area contributed by atoms with Gasteiger partial charge in [0.1, 0.15) is 0 Å². The minimum Gasteiger partial charge on any atom is -0.330 e. The lowest BCUT2D eigenvalue weighted by atomic mass is 10.2. The lowest BCUT2D eigenvalue weighted by Gasteiger charge is -2.15. The minimum absolute atomic E-state index is 0.381. The van der Waals surface area contributed by atoms with Gasteiger partial charge in [0.25, 0.3) is 0 Å². The number of hydrazone groups is 1. The van der Waals surface area contributed by atoms with Crippen molar-refractivity contribution in [3.8, 4) is 0 Å². The molecule has 2 rings (SSSR count). The highest BCUT2D eigenvalue weighted by Crippen LogP contribution is 2.17. The predicted molar refractivity (Wildman–Crippen MR) is 70.8 cm³/mol. The third kappa shape index (κ3) is 1.79. The summed E-state index contributed by atoms with van der Waals surface area (Å²) in [5, 5.41) is 4.99. The Kier molecular flexibility index (Phi) is 2.86. The zero-order valence-electron chi connectivity index (χ0n) is 9.64. The van der Waals surface area contributed by atoms with Gasteiger partial charge in [0, 0.05) is 7.05 Å². The smallest absolute Gasteiger partial charge is 0.243 e. The van der Waals surface area contributed by atoms with Crippen LogP contribution in [0.3, 0.4) is 0 Å². The van der Waals surface area contributed by atoms with Crippen molar-refractivity contribution >= 4 is 29.2 Å². The van der Waals surface area contributed by atoms with Crippen LogP contribution in [-0.2, 0) is 0 Å². The summed E-state index contributed by atoms with van der Waals surface area (Å²) in [5.74, 6) is 11.4. The summed E-state index contributed by atoms with van der Waals surface area (Å²) in [7, 11) is 1.65. The highest BCUT2D eigenvalue weighted by molar-refractivity contribution is 7.71. The van der Waals surface area contributed by atoms with E-state index in [4.69, 9.17) is 23.9 Å². The molecule has 0 radical (unpaired) electrons. The Hall–Kier alpha value is -1.86. The number of aromatic amines is 1. The summed E-state index contributed by atoms with van der Waals surface area (Å²) in [5.41, 5.74) is 2.96. The van der Waals surface area contributed by atoms with Crippen LogP contribution in [0.15, 0.2) is 23.3 Å². The summed E-state index contributed by atoms with van der Waals surface area (Å²) in [6.45, 7) is 2.00. The van der Waals surface area contributed by atoms with Crippen LogP contribution < -0.4 is 11.7 Å². The Labute approximate surface area is 103 Å². The maximum atomic E-state index is 5.68. The van der Waals surface area contributed by atoms with E-state index >= 15 is 0 Å². The highest BCUT2D eigenvalue weighted by atomic mass is 32.1. The molecule has 1 aromatic carbocycles. The van der Waals surface area contributed by atoms with Crippen LogP contribution in [0, 0.1) is 11.7 Å². The second-order valence-electron chi connectivity index (χ2n) is 3.77. The van der Waals surface area contributed by atoms with Crippen LogP contribution in [0.2, 0.25) is 0 Å². The first-order chi connectivity index (χ1) is 8.06. The number of nitrogens with two attached hydrogens (primary N) is 2. The van der Waals surface area contributed by atoms with E-state index < -0.39 is 0 Å². The van der Waals surface area contributed by atoms with Gasteiger partial charge in [-0.2, -0.15) is 0 Å². The van der Waals surface area contributed by atoms with Crippen LogP contribution in [-0.4, -0.2) is 27.6 Å². The van der Waals surface area contributed by atoms with Crippen molar-refractivity contribution in [3.63, 3.8) is 0 Å². The maximum Gasteiger partial charge on any atom is 0.243 e. The topological polar surface area (TPSA) is 88.4 Å². The Morgan fingerprint density at radius 2 is 2.24 bits per heavy atom. The summed E-state index contributed by atoms with van der Waals surface area (Å²) in [4.78, 5) is 3.12. The van der Waals surface area contributed by atoms with Crippen molar-refractivity contribution in [2.24, 2.45) is 16.8 Å². The van der Waals surface area contributed by atoms with Gasteiger partial charge in [-0.15, -0.1) is 5.10 Å². The van der Waals surface area contributed by atoms with Crippen molar-refractivity contribution in [1.82, 2.24) is 14.6 Å². The molecule has 0 saturated carbocycles. The van der Waals surface area contributed by atoms with Crippen LogP contribution in [0.1, 0.15) is 5.56 Å². The summed E-state index contributed by atoms with van der Waals surface area (Å²) in [6, 6.07) is 5.88. The molecule has 5 N–H and O–H groups in total. The largest absolute Gasteiger partial charge is 0.330 e. The number of H-pyrrole nitrogens is 1. The molecule has 0 spiro atoms. The fourth-order valence-electron chi connectivity index (χ4n) is 1.78. The number of para-hydroxylation sites is 1. The summed E-state index contributed by atoms with van der Waals surface area (Å²) >= 11 is 5.26. The summed E-state index contributed by atoms with van der Waals surface area (Å²) < 4.78 is 2.22. The number of hydrazine groups is 1. The van der Waals surface area contributed by atoms with Crippen molar-refractivity contribution < 1.29 is 0 Å². The van der Waals surface area contributed by atoms with E-state index in [1.54, 1.807) is 11.6 Å². The molecule has 0 amide bonds. The first kappa shape index (κ1) is 11.6. The van der Waals surface area contributed by atoms with Crippen molar-refractivity contribution in [3.05, 3.63) is 28.5 Å². The first-order valence-corrected chi connectivity index (χ1v) is 5.44. The third-order valence-corrected chi connectivity index (χ3v) is 2.84. The van der Waals surface area contributed by atoms with Gasteiger partial charge in [-0.05, 0) is 30.8 Å². The summed E-state index contributed by atoms with van der Waals surface area (Å²) in [6.07, 6.45) is 0. The number of nitrogens with one attached hydrogen (secondary N) is 1. The first-order valence-electron chi connectivity index (χ1n) is 5.03. The van der Waals surface area contributed by atoms with Gasteiger partial charge in [-0.3, -0.25) is 9.58 Å². The Morgan fingerprint density at radius 3 is 2.82 bits per heavy atom. The fourth-order valence-corrected chi connectivity index (χ4v) is 2.06. The lowest BCUT2D eigenvalue weighted by molar-refractivity contribution is 0.516. The van der Waals surface area contributed by atoms with E-state index in [0.717, 1.165) is 16.6 Å². The van der Waals surface area contributed by atoms with E-state index in [1.165, 1.54) is 5.01 Å². The monoisotopic (exact) mass is 250 g/mol. The van der Waals surface area contributed by atoms with E-state index in [1.807, 2.05) is 25.1 Å². The van der Waals surface area contributed by atoms with Crippen LogP contribution in [0.4, 0.5) is 0 Å². The number of hydrogen-bond acceptors (Lipinski definition) is 4. The molecule has 0 bridgehead atoms. The number of benzene rings is 1. The number of hydrogen-bond donors (Lipinski definition) is 3. The molecule has 90 valence electrons. The number of aromatic nitrogens is 2. The molecule has 0 unspecified atom stereocenters. The average Bonchev–Trinajstić information content (AvgIpc) is 2.59. The minimum atomic E-state index is 0.381. The van der Waals surface area contributed by atoms with Gasteiger partial charge < -0.3 is 10.8 Å². The quantitative estimate of drug-likeness (QED) is 0.213. The SMILES string of the molecule is Cc1cccc2c1[nH]c(=S)n2/C(=N/N)N(C)N. The van der Waals surface area contributed by atoms with Gasteiger partial charge in [-0.1, -0.05) is 12.1 Å². The number of aryl methyl sites for hydroxylation is 1. The molecule has 0 aliphatic rings. The fraction of sp³-hybridized carbons (Fsp3) is 0.200. The second-order valence-corrected chi connectivity index (χ2v) is 4.16. The molecule has 0 saturated heterocycles. The zero-order chi connectivity index (χ0) is 12.6. The predicted octanol–water partition coefficient (Wildman–Crippen LogP) is 0.891. The van der Waals surface area contributed by atoms with Crippen molar-refractivity contribution in [2.45, 2.75) is 6.92 Å². The standard InChI is InChI=1S/C10H14N6S/c1-6-4-3-5-7-8(6)13-10(17)16(7)9(14-11)15(2)12/h3-5H,11-12H2,1-2H3,(H,13,17)/b14-9+. The van der Waals surface area contributed by atoms with Gasteiger partial charge in [0.15, 0.2) is 4.77 Å². The van der Waals surface area contributed by atoms with Gasteiger partial charge in [0.2, 0.25) is 5.96 Å². The maximum absolute atomic E-state index is 5.68. The van der Waals surface area contributed by atoms with E-state index in [2.05, 4.69) is 10.1 Å². The Balaban J connectivity index is 2.83. The molecule has 0 aliphatic carbocycles. The van der Waals surface area contributed by atoms with Crippen LogP contribution >= 0.6 is 12.2 Å². The number of imidazole rings is 1.